The molecule has 1 atom stereocenters. The molecule has 0 aliphatic heterocycles. The first-order chi connectivity index (χ1) is 9.20. The van der Waals surface area contributed by atoms with Crippen LogP contribution in [0.4, 0.5) is 0 Å². The van der Waals surface area contributed by atoms with E-state index in [2.05, 4.69) is 68.6 Å². The van der Waals surface area contributed by atoms with Crippen LogP contribution in [-0.2, 0) is 13.0 Å². The topological polar surface area (TPSA) is 12.0 Å². The Kier molecular flexibility index (Phi) is 5.17. The molecule has 0 aliphatic rings. The van der Waals surface area contributed by atoms with E-state index in [0.29, 0.717) is 12.0 Å². The molecule has 0 saturated heterocycles. The first kappa shape index (κ1) is 14.3. The van der Waals surface area contributed by atoms with Crippen LogP contribution in [0, 0.1) is 5.92 Å². The van der Waals surface area contributed by atoms with Crippen LogP contribution in [0.2, 0.25) is 0 Å². The molecule has 2 aromatic rings. The Morgan fingerprint density at radius 3 is 2.26 bits per heavy atom. The van der Waals surface area contributed by atoms with E-state index in [9.17, 15) is 0 Å². The van der Waals surface area contributed by atoms with Gasteiger partial charge in [0.1, 0.15) is 0 Å². The number of hydrogen-bond acceptors (Lipinski definition) is 2. The summed E-state index contributed by atoms with van der Waals surface area (Å²) in [5, 5.41) is 3.70. The minimum Gasteiger partial charge on any atom is -0.305 e. The molecule has 1 aromatic heterocycles. The molecule has 1 heterocycles. The number of benzene rings is 1. The number of aryl methyl sites for hydroxylation is 1. The highest BCUT2D eigenvalue weighted by Gasteiger charge is 2.14. The maximum absolute atomic E-state index is 3.70. The lowest BCUT2D eigenvalue weighted by Crippen LogP contribution is -2.24. The van der Waals surface area contributed by atoms with Gasteiger partial charge in [-0.3, -0.25) is 0 Å². The summed E-state index contributed by atoms with van der Waals surface area (Å²) in [6.07, 6.45) is 1.14. The summed E-state index contributed by atoms with van der Waals surface area (Å²) in [7, 11) is 0. The van der Waals surface area contributed by atoms with Crippen molar-refractivity contribution in [3.63, 3.8) is 0 Å². The molecule has 0 spiro atoms. The van der Waals surface area contributed by atoms with Crippen LogP contribution in [0.3, 0.4) is 0 Å². The highest BCUT2D eigenvalue weighted by atomic mass is 32.1. The lowest BCUT2D eigenvalue weighted by atomic mass is 9.96. The van der Waals surface area contributed by atoms with Crippen LogP contribution in [-0.4, -0.2) is 0 Å². The van der Waals surface area contributed by atoms with Gasteiger partial charge >= 0.3 is 0 Å². The number of hydrogen-bond donors (Lipinski definition) is 1. The van der Waals surface area contributed by atoms with E-state index in [1.165, 1.54) is 15.3 Å². The number of nitrogens with one attached hydrogen (secondary N) is 1. The average molecular weight is 273 g/mol. The summed E-state index contributed by atoms with van der Waals surface area (Å²) in [6.45, 7) is 7.72. The van der Waals surface area contributed by atoms with Crippen molar-refractivity contribution in [2.45, 2.75) is 39.8 Å². The summed E-state index contributed by atoms with van der Waals surface area (Å²) >= 11 is 1.92. The van der Waals surface area contributed by atoms with Gasteiger partial charge in [0.2, 0.25) is 0 Å². The van der Waals surface area contributed by atoms with Crippen molar-refractivity contribution in [3.05, 3.63) is 57.8 Å². The molecule has 0 amide bonds. The van der Waals surface area contributed by atoms with Crippen LogP contribution in [0.25, 0.3) is 0 Å². The highest BCUT2D eigenvalue weighted by molar-refractivity contribution is 7.11. The molecule has 2 heteroatoms. The van der Waals surface area contributed by atoms with Gasteiger partial charge in [0, 0.05) is 22.3 Å². The maximum atomic E-state index is 3.70. The molecule has 2 rings (SSSR count). The summed E-state index contributed by atoms with van der Waals surface area (Å²) in [5.41, 5.74) is 1.38. The molecular formula is C17H23NS. The molecule has 102 valence electrons. The van der Waals surface area contributed by atoms with E-state index < -0.39 is 0 Å². The molecule has 1 nitrogen and oxygen atoms in total. The Morgan fingerprint density at radius 2 is 1.68 bits per heavy atom. The largest absolute Gasteiger partial charge is 0.305 e. The summed E-state index contributed by atoms with van der Waals surface area (Å²) in [6, 6.07) is 15.7. The standard InChI is InChI=1S/C17H23NS/c1-4-15-10-11-16(19-15)12-18-17(13(2)3)14-8-6-5-7-9-14/h5-11,13,17-18H,4,12H2,1-3H3. The van der Waals surface area contributed by atoms with Crippen LogP contribution in [0.5, 0.6) is 0 Å². The normalized spacial score (nSPS) is 12.8. The van der Waals surface area contributed by atoms with Crippen LogP contribution < -0.4 is 5.32 Å². The van der Waals surface area contributed by atoms with Gasteiger partial charge < -0.3 is 5.32 Å². The molecule has 0 bridgehead atoms. The van der Waals surface area contributed by atoms with E-state index in [1.54, 1.807) is 0 Å². The lowest BCUT2D eigenvalue weighted by Gasteiger charge is -2.22. The van der Waals surface area contributed by atoms with Gasteiger partial charge in [0.05, 0.1) is 0 Å². The Labute approximate surface area is 120 Å². The molecule has 0 fully saturated rings. The fourth-order valence-corrected chi connectivity index (χ4v) is 3.23. The minimum atomic E-state index is 0.424. The van der Waals surface area contributed by atoms with Crippen molar-refractivity contribution in [3.8, 4) is 0 Å². The Morgan fingerprint density at radius 1 is 1.00 bits per heavy atom. The first-order valence-electron chi connectivity index (χ1n) is 7.06. The summed E-state index contributed by atoms with van der Waals surface area (Å²) in [4.78, 5) is 2.90. The van der Waals surface area contributed by atoms with Crippen molar-refractivity contribution < 1.29 is 0 Å². The Hall–Kier alpha value is -1.12. The second kappa shape index (κ2) is 6.88. The van der Waals surface area contributed by atoms with Crippen molar-refractivity contribution in [2.75, 3.05) is 0 Å². The number of rotatable bonds is 6. The fraction of sp³-hybridized carbons (Fsp3) is 0.412. The average Bonchev–Trinajstić information content (AvgIpc) is 2.88. The molecule has 1 N–H and O–H groups in total. The van der Waals surface area contributed by atoms with Crippen molar-refractivity contribution in [2.24, 2.45) is 5.92 Å². The zero-order valence-electron chi connectivity index (χ0n) is 12.0. The quantitative estimate of drug-likeness (QED) is 0.797. The summed E-state index contributed by atoms with van der Waals surface area (Å²) < 4.78 is 0. The second-order valence-corrected chi connectivity index (χ2v) is 6.49. The van der Waals surface area contributed by atoms with Gasteiger partial charge in [-0.25, -0.2) is 0 Å². The highest BCUT2D eigenvalue weighted by Crippen LogP contribution is 2.23. The molecule has 0 radical (unpaired) electrons. The third kappa shape index (κ3) is 3.92. The number of thiophene rings is 1. The van der Waals surface area contributed by atoms with Crippen molar-refractivity contribution >= 4 is 11.3 Å². The SMILES string of the molecule is CCc1ccc(CNC(c2ccccc2)C(C)C)s1. The van der Waals surface area contributed by atoms with Crippen molar-refractivity contribution in [1.82, 2.24) is 5.32 Å². The fourth-order valence-electron chi connectivity index (χ4n) is 2.32. The zero-order chi connectivity index (χ0) is 13.7. The zero-order valence-corrected chi connectivity index (χ0v) is 12.8. The minimum absolute atomic E-state index is 0.424. The van der Waals surface area contributed by atoms with Gasteiger partial charge in [0.15, 0.2) is 0 Å². The molecular weight excluding hydrogens is 250 g/mol. The van der Waals surface area contributed by atoms with Gasteiger partial charge in [-0.15, -0.1) is 11.3 Å². The van der Waals surface area contributed by atoms with Crippen molar-refractivity contribution in [1.29, 1.82) is 0 Å². The first-order valence-corrected chi connectivity index (χ1v) is 7.88. The molecule has 0 saturated carbocycles. The van der Waals surface area contributed by atoms with Gasteiger partial charge in [-0.1, -0.05) is 51.1 Å². The van der Waals surface area contributed by atoms with Crippen LogP contribution in [0.1, 0.15) is 42.1 Å². The van der Waals surface area contributed by atoms with E-state index in [1.807, 2.05) is 11.3 Å². The molecule has 19 heavy (non-hydrogen) atoms. The third-order valence-corrected chi connectivity index (χ3v) is 4.62. The second-order valence-electron chi connectivity index (χ2n) is 5.23. The van der Waals surface area contributed by atoms with Gasteiger partial charge in [-0.05, 0) is 30.0 Å². The molecule has 1 unspecified atom stereocenters. The van der Waals surface area contributed by atoms with E-state index >= 15 is 0 Å². The Balaban J connectivity index is 2.02. The Bertz CT molecular complexity index is 487. The van der Waals surface area contributed by atoms with E-state index in [-0.39, 0.29) is 0 Å². The van der Waals surface area contributed by atoms with Gasteiger partial charge in [0.25, 0.3) is 0 Å². The predicted octanol–water partition coefficient (Wildman–Crippen LogP) is 4.80. The summed E-state index contributed by atoms with van der Waals surface area (Å²) in [5.74, 6) is 0.591. The van der Waals surface area contributed by atoms with E-state index in [0.717, 1.165) is 13.0 Å². The van der Waals surface area contributed by atoms with Gasteiger partial charge in [-0.2, -0.15) is 0 Å². The molecule has 1 aromatic carbocycles. The predicted molar refractivity (Wildman–Crippen MR) is 84.6 cm³/mol. The van der Waals surface area contributed by atoms with Crippen LogP contribution in [0.15, 0.2) is 42.5 Å². The molecule has 0 aliphatic carbocycles. The maximum Gasteiger partial charge on any atom is 0.0346 e. The monoisotopic (exact) mass is 273 g/mol. The lowest BCUT2D eigenvalue weighted by molar-refractivity contribution is 0.412. The van der Waals surface area contributed by atoms with E-state index in [4.69, 9.17) is 0 Å². The third-order valence-electron chi connectivity index (χ3n) is 3.39. The smallest absolute Gasteiger partial charge is 0.0346 e. The van der Waals surface area contributed by atoms with Crippen LogP contribution >= 0.6 is 11.3 Å².